The highest BCUT2D eigenvalue weighted by atomic mass is 35.5. The number of carbonyl (C=O) groups is 3. The van der Waals surface area contributed by atoms with E-state index in [4.69, 9.17) is 16.3 Å². The standard InChI is InChI=1S/C48H54ClF3N9O5P/c1-66-41-28-34(13-14-38(41)55-47-53-29-37(49)44(57-47)54-39-11-7-8-12-42(39)67(2,3)65)59-20-17-33(18-21-59)60-24-22-58(23-25-60)19-9-5-4-6-10-31-26-32(48(50,51)52)27-35-36(31)30-61(46(35)64)40-15-16-43(62)56-45(40)63/h7-8,11-14,26-29,33,40H,4-5,9,15-25,30H2,1-3H3,(H,56,62,63)(H2,53,54,55,57). The second-order valence-electron chi connectivity index (χ2n) is 17.7. The summed E-state index contributed by atoms with van der Waals surface area (Å²) in [6.45, 7) is 10.1. The van der Waals surface area contributed by atoms with Crippen LogP contribution in [0.2, 0.25) is 5.02 Å². The minimum absolute atomic E-state index is 0.0403. The van der Waals surface area contributed by atoms with Crippen LogP contribution in [-0.2, 0) is 26.9 Å². The van der Waals surface area contributed by atoms with Gasteiger partial charge in [0.25, 0.3) is 5.91 Å². The number of hydrogen-bond donors (Lipinski definition) is 3. The minimum Gasteiger partial charge on any atom is -0.494 e. The zero-order valence-electron chi connectivity index (χ0n) is 37.7. The van der Waals surface area contributed by atoms with E-state index in [2.05, 4.69) is 58.5 Å². The molecule has 1 unspecified atom stereocenters. The Labute approximate surface area is 393 Å². The van der Waals surface area contributed by atoms with Gasteiger partial charge in [-0.15, -0.1) is 0 Å². The zero-order valence-corrected chi connectivity index (χ0v) is 39.4. The average Bonchev–Trinajstić information content (AvgIpc) is 3.64. The third kappa shape index (κ3) is 11.2. The number of amides is 3. The van der Waals surface area contributed by atoms with E-state index in [-0.39, 0.29) is 30.5 Å². The van der Waals surface area contributed by atoms with Gasteiger partial charge in [-0.2, -0.15) is 18.2 Å². The normalized spacial score (nSPS) is 18.6. The van der Waals surface area contributed by atoms with Crippen LogP contribution in [0.5, 0.6) is 5.75 Å². The van der Waals surface area contributed by atoms with Gasteiger partial charge in [0, 0.05) is 92.9 Å². The molecule has 3 saturated heterocycles. The lowest BCUT2D eigenvalue weighted by atomic mass is 9.99. The van der Waals surface area contributed by atoms with E-state index in [0.29, 0.717) is 57.2 Å². The van der Waals surface area contributed by atoms with Crippen LogP contribution < -0.4 is 30.9 Å². The highest BCUT2D eigenvalue weighted by molar-refractivity contribution is 7.70. The number of piperidine rings is 2. The fourth-order valence-corrected chi connectivity index (χ4v) is 10.6. The Morgan fingerprint density at radius 2 is 1.70 bits per heavy atom. The van der Waals surface area contributed by atoms with Gasteiger partial charge in [0.2, 0.25) is 17.8 Å². The molecule has 354 valence electrons. The number of imide groups is 1. The van der Waals surface area contributed by atoms with Crippen molar-refractivity contribution in [2.45, 2.75) is 69.8 Å². The smallest absolute Gasteiger partial charge is 0.416 e. The summed E-state index contributed by atoms with van der Waals surface area (Å²) in [4.78, 5) is 55.1. The summed E-state index contributed by atoms with van der Waals surface area (Å²) >= 11 is 6.48. The van der Waals surface area contributed by atoms with Crippen molar-refractivity contribution in [1.29, 1.82) is 0 Å². The largest absolute Gasteiger partial charge is 0.494 e. The van der Waals surface area contributed by atoms with Gasteiger partial charge in [-0.1, -0.05) is 35.6 Å². The van der Waals surface area contributed by atoms with Crippen molar-refractivity contribution < 1.29 is 36.9 Å². The molecule has 4 aromatic rings. The van der Waals surface area contributed by atoms with Crippen molar-refractivity contribution in [3.8, 4) is 17.6 Å². The molecule has 0 radical (unpaired) electrons. The summed E-state index contributed by atoms with van der Waals surface area (Å²) < 4.78 is 60.3. The first kappa shape index (κ1) is 47.8. The topological polar surface area (TPSA) is 152 Å². The predicted molar refractivity (Wildman–Crippen MR) is 254 cm³/mol. The molecule has 19 heteroatoms. The number of nitrogens with one attached hydrogen (secondary N) is 3. The van der Waals surface area contributed by atoms with Gasteiger partial charge in [0.15, 0.2) is 5.82 Å². The number of benzene rings is 3. The van der Waals surface area contributed by atoms with Gasteiger partial charge in [-0.3, -0.25) is 24.6 Å². The van der Waals surface area contributed by atoms with E-state index < -0.39 is 42.6 Å². The van der Waals surface area contributed by atoms with E-state index in [1.807, 2.05) is 36.4 Å². The summed E-state index contributed by atoms with van der Waals surface area (Å²) in [7, 11) is -0.936. The Kier molecular flexibility index (Phi) is 14.5. The van der Waals surface area contributed by atoms with Gasteiger partial charge in [-0.25, -0.2) is 4.98 Å². The maximum Gasteiger partial charge on any atom is 0.416 e. The Balaban J connectivity index is 0.785. The van der Waals surface area contributed by atoms with Crippen LogP contribution in [0.15, 0.2) is 60.8 Å². The molecule has 67 heavy (non-hydrogen) atoms. The van der Waals surface area contributed by atoms with Crippen molar-refractivity contribution >= 4 is 70.6 Å². The molecule has 3 N–H and O–H groups in total. The number of piperazine rings is 1. The van der Waals surface area contributed by atoms with Crippen LogP contribution >= 0.6 is 18.7 Å². The second-order valence-corrected chi connectivity index (χ2v) is 21.3. The lowest BCUT2D eigenvalue weighted by Crippen LogP contribution is -2.53. The number of ether oxygens (including phenoxy) is 1. The zero-order chi connectivity index (χ0) is 47.5. The number of fused-ring (bicyclic) bond motifs is 1. The predicted octanol–water partition coefficient (Wildman–Crippen LogP) is 7.46. The molecule has 0 spiro atoms. The first-order valence-corrected chi connectivity index (χ1v) is 25.5. The van der Waals surface area contributed by atoms with Crippen molar-refractivity contribution in [1.82, 2.24) is 30.0 Å². The molecule has 1 atom stereocenters. The minimum atomic E-state index is -4.67. The van der Waals surface area contributed by atoms with E-state index in [9.17, 15) is 32.1 Å². The second kappa shape index (κ2) is 20.3. The molecule has 0 bridgehead atoms. The highest BCUT2D eigenvalue weighted by Gasteiger charge is 2.42. The fraction of sp³-hybridized carbons (Fsp3) is 0.438. The van der Waals surface area contributed by atoms with E-state index in [1.165, 1.54) is 11.1 Å². The number of para-hydroxylation sites is 1. The summed E-state index contributed by atoms with van der Waals surface area (Å²) in [5.74, 6) is 5.58. The maximum atomic E-state index is 13.9. The summed E-state index contributed by atoms with van der Waals surface area (Å²) in [5, 5.41) is 9.74. The van der Waals surface area contributed by atoms with Gasteiger partial charge < -0.3 is 34.6 Å². The number of aromatic nitrogens is 2. The lowest BCUT2D eigenvalue weighted by molar-refractivity contribution is -0.138. The van der Waals surface area contributed by atoms with E-state index >= 15 is 0 Å². The number of unbranched alkanes of at least 4 members (excludes halogenated alkanes) is 2. The van der Waals surface area contributed by atoms with Crippen LogP contribution in [0.25, 0.3) is 0 Å². The molecule has 3 amide bonds. The lowest BCUT2D eigenvalue weighted by Gasteiger charge is -2.43. The molecule has 8 rings (SSSR count). The molecule has 0 saturated carbocycles. The molecule has 3 fully saturated rings. The maximum absolute atomic E-state index is 13.9. The summed E-state index contributed by atoms with van der Waals surface area (Å²) in [6, 6.07) is 14.8. The number of rotatable bonds is 13. The van der Waals surface area contributed by atoms with E-state index in [1.54, 1.807) is 20.4 Å². The molecule has 0 aliphatic carbocycles. The number of hydrogen-bond acceptors (Lipinski definition) is 12. The summed E-state index contributed by atoms with van der Waals surface area (Å²) in [6.07, 6.45) is 1.27. The number of halogens is 4. The van der Waals surface area contributed by atoms with Gasteiger partial charge in [0.1, 0.15) is 24.0 Å². The average molecular weight is 960 g/mol. The van der Waals surface area contributed by atoms with Crippen molar-refractivity contribution in [2.75, 3.05) is 81.8 Å². The van der Waals surface area contributed by atoms with Crippen LogP contribution in [0.3, 0.4) is 0 Å². The molecule has 1 aromatic heterocycles. The highest BCUT2D eigenvalue weighted by Crippen LogP contribution is 2.40. The van der Waals surface area contributed by atoms with Crippen LogP contribution in [0, 0.1) is 11.8 Å². The van der Waals surface area contributed by atoms with Gasteiger partial charge >= 0.3 is 6.18 Å². The van der Waals surface area contributed by atoms with Crippen molar-refractivity contribution in [2.24, 2.45) is 0 Å². The Hall–Kier alpha value is -5.66. The molecule has 4 aliphatic heterocycles. The number of nitrogens with zero attached hydrogens (tertiary/aromatic N) is 6. The van der Waals surface area contributed by atoms with Gasteiger partial charge in [0.05, 0.1) is 30.2 Å². The SMILES string of the molecule is COc1cc(N2CCC(N3CCN(CCCCC#Cc4cc(C(F)(F)F)cc5c4CN(C4CCC(=O)NC4=O)C5=O)CC3)CC2)ccc1Nc1ncc(Cl)c(Nc2ccccc2P(C)(C)=O)n1. The Bertz CT molecular complexity index is 2640. The third-order valence-electron chi connectivity index (χ3n) is 12.9. The van der Waals surface area contributed by atoms with Crippen LogP contribution in [0.4, 0.5) is 42.0 Å². The Morgan fingerprint density at radius 1 is 0.940 bits per heavy atom. The van der Waals surface area contributed by atoms with Gasteiger partial charge in [-0.05, 0) is 93.9 Å². The van der Waals surface area contributed by atoms with Crippen molar-refractivity contribution in [3.63, 3.8) is 0 Å². The van der Waals surface area contributed by atoms with Crippen molar-refractivity contribution in [3.05, 3.63) is 88.1 Å². The summed E-state index contributed by atoms with van der Waals surface area (Å²) in [5.41, 5.74) is 1.90. The fourth-order valence-electron chi connectivity index (χ4n) is 9.28. The van der Waals surface area contributed by atoms with Crippen LogP contribution in [-0.4, -0.2) is 121 Å². The number of methoxy groups -OCH3 is 1. The van der Waals surface area contributed by atoms with Crippen LogP contribution in [0.1, 0.15) is 72.0 Å². The molecular formula is C48H54ClF3N9O5P. The van der Waals surface area contributed by atoms with E-state index in [0.717, 1.165) is 89.3 Å². The molecule has 5 heterocycles. The Morgan fingerprint density at radius 3 is 2.42 bits per heavy atom. The quantitative estimate of drug-likeness (QED) is 0.0528. The number of alkyl halides is 3. The third-order valence-corrected chi connectivity index (χ3v) is 14.7. The monoisotopic (exact) mass is 959 g/mol. The number of anilines is 5. The molecule has 14 nitrogen and oxygen atoms in total. The first-order valence-electron chi connectivity index (χ1n) is 22.5. The molecule has 3 aromatic carbocycles. The first-order chi connectivity index (χ1) is 32.0. The molecule has 4 aliphatic rings. The number of carbonyl (C=O) groups excluding carboxylic acids is 3. The molecular weight excluding hydrogens is 906 g/mol.